The standard InChI is InChI=1S/C13H22O5.Sn/c1-8(2)17-7-12(16)13(10(5)14,11(6)15)18-9(3)4;/h8-9H,7H2,1-6H3;/q;+4. The molecule has 0 rings (SSSR count). The van der Waals surface area contributed by atoms with Crippen molar-refractivity contribution < 1.29 is 23.9 Å². The van der Waals surface area contributed by atoms with Crippen LogP contribution in [0, 0.1) is 0 Å². The molecular formula is C13H22O5Sn+4. The molecule has 0 aromatic heterocycles. The van der Waals surface area contributed by atoms with Crippen molar-refractivity contribution in [3.8, 4) is 0 Å². The van der Waals surface area contributed by atoms with E-state index in [1.54, 1.807) is 27.7 Å². The Morgan fingerprint density at radius 1 is 0.947 bits per heavy atom. The van der Waals surface area contributed by atoms with Gasteiger partial charge >= 0.3 is 23.9 Å². The topological polar surface area (TPSA) is 69.7 Å². The third-order valence-corrected chi connectivity index (χ3v) is 2.34. The van der Waals surface area contributed by atoms with Crippen LogP contribution < -0.4 is 0 Å². The molecule has 19 heavy (non-hydrogen) atoms. The van der Waals surface area contributed by atoms with Gasteiger partial charge in [0.2, 0.25) is 11.4 Å². The quantitative estimate of drug-likeness (QED) is 0.465. The Labute approximate surface area is 131 Å². The number of rotatable bonds is 8. The average molecular weight is 377 g/mol. The van der Waals surface area contributed by atoms with Gasteiger partial charge in [-0.15, -0.1) is 0 Å². The number of Topliss-reactive ketones (excluding diaryl/α,β-unsaturated/α-hetero) is 3. The number of ketones is 3. The Kier molecular flexibility index (Phi) is 9.76. The summed E-state index contributed by atoms with van der Waals surface area (Å²) < 4.78 is 10.5. The van der Waals surface area contributed by atoms with Gasteiger partial charge in [-0.05, 0) is 41.5 Å². The van der Waals surface area contributed by atoms with Gasteiger partial charge in [0, 0.05) is 0 Å². The third-order valence-electron chi connectivity index (χ3n) is 2.34. The maximum atomic E-state index is 12.1. The molecule has 6 heteroatoms. The maximum Gasteiger partial charge on any atom is 4.00 e. The SMILES string of the molecule is CC(=O)C(OC(C)C)(C(C)=O)C(=O)COC(C)C.[Sn+4]. The van der Waals surface area contributed by atoms with E-state index in [1.807, 2.05) is 0 Å². The molecule has 0 aromatic carbocycles. The zero-order chi connectivity index (χ0) is 14.5. The molecule has 0 fully saturated rings. The van der Waals surface area contributed by atoms with Crippen LogP contribution in [0.25, 0.3) is 0 Å². The second kappa shape index (κ2) is 8.81. The first-order chi connectivity index (χ1) is 8.14. The van der Waals surface area contributed by atoms with E-state index in [1.165, 1.54) is 13.8 Å². The molecule has 0 heterocycles. The zero-order valence-corrected chi connectivity index (χ0v) is 15.3. The van der Waals surface area contributed by atoms with E-state index in [9.17, 15) is 14.4 Å². The minimum Gasteiger partial charge on any atom is -0.371 e. The number of hydrogen-bond acceptors (Lipinski definition) is 5. The molecule has 0 bridgehead atoms. The van der Waals surface area contributed by atoms with Crippen LogP contribution in [-0.2, 0) is 23.9 Å². The Morgan fingerprint density at radius 3 is 1.63 bits per heavy atom. The van der Waals surface area contributed by atoms with Crippen LogP contribution in [0.1, 0.15) is 41.5 Å². The molecule has 0 saturated heterocycles. The summed E-state index contributed by atoms with van der Waals surface area (Å²) >= 11 is 0. The van der Waals surface area contributed by atoms with Crippen molar-refractivity contribution in [3.63, 3.8) is 0 Å². The summed E-state index contributed by atoms with van der Waals surface area (Å²) in [6.45, 7) is 8.89. The largest absolute Gasteiger partial charge is 4.00 e. The summed E-state index contributed by atoms with van der Waals surface area (Å²) in [5, 5.41) is 0. The van der Waals surface area contributed by atoms with Crippen molar-refractivity contribution in [2.75, 3.05) is 6.61 Å². The monoisotopic (exact) mass is 378 g/mol. The Morgan fingerprint density at radius 2 is 1.37 bits per heavy atom. The summed E-state index contributed by atoms with van der Waals surface area (Å²) in [6, 6.07) is 0. The van der Waals surface area contributed by atoms with E-state index in [4.69, 9.17) is 9.47 Å². The van der Waals surface area contributed by atoms with Crippen molar-refractivity contribution in [1.82, 2.24) is 0 Å². The van der Waals surface area contributed by atoms with Gasteiger partial charge in [-0.3, -0.25) is 14.4 Å². The van der Waals surface area contributed by atoms with Gasteiger partial charge in [-0.1, -0.05) is 0 Å². The summed E-state index contributed by atoms with van der Waals surface area (Å²) in [7, 11) is 0. The van der Waals surface area contributed by atoms with Crippen LogP contribution in [0.5, 0.6) is 0 Å². The second-order valence-corrected chi connectivity index (χ2v) is 4.74. The molecule has 0 atom stereocenters. The van der Waals surface area contributed by atoms with Crippen LogP contribution in [0.2, 0.25) is 0 Å². The fraction of sp³-hybridized carbons (Fsp3) is 0.769. The van der Waals surface area contributed by atoms with Crippen LogP contribution in [0.15, 0.2) is 0 Å². The fourth-order valence-electron chi connectivity index (χ4n) is 1.57. The summed E-state index contributed by atoms with van der Waals surface area (Å²) in [4.78, 5) is 35.5. The minimum atomic E-state index is -2.02. The van der Waals surface area contributed by atoms with Crippen molar-refractivity contribution in [3.05, 3.63) is 0 Å². The van der Waals surface area contributed by atoms with Crippen molar-refractivity contribution in [2.24, 2.45) is 0 Å². The summed E-state index contributed by atoms with van der Waals surface area (Å²) in [5.41, 5.74) is -2.02. The molecule has 0 spiro atoms. The van der Waals surface area contributed by atoms with Crippen LogP contribution >= 0.6 is 0 Å². The molecule has 0 N–H and O–H groups in total. The third kappa shape index (κ3) is 5.70. The van der Waals surface area contributed by atoms with E-state index in [0.717, 1.165) is 0 Å². The molecular weight excluding hydrogens is 355 g/mol. The normalized spacial score (nSPS) is 11.4. The molecule has 5 nitrogen and oxygen atoms in total. The Balaban J connectivity index is 0. The number of hydrogen-bond donors (Lipinski definition) is 0. The smallest absolute Gasteiger partial charge is 0.371 e. The number of carbonyl (C=O) groups excluding carboxylic acids is 3. The van der Waals surface area contributed by atoms with Crippen LogP contribution in [0.3, 0.4) is 0 Å². The van der Waals surface area contributed by atoms with E-state index in [-0.39, 0.29) is 36.6 Å². The summed E-state index contributed by atoms with van der Waals surface area (Å²) in [6.07, 6.45) is -0.578. The predicted octanol–water partition coefficient (Wildman–Crippen LogP) is 0.941. The molecule has 0 radical (unpaired) electrons. The van der Waals surface area contributed by atoms with Gasteiger partial charge in [0.25, 0.3) is 0 Å². The zero-order valence-electron chi connectivity index (χ0n) is 12.4. The van der Waals surface area contributed by atoms with Gasteiger partial charge in [0.05, 0.1) is 12.2 Å². The molecule has 0 aromatic rings. The van der Waals surface area contributed by atoms with E-state index >= 15 is 0 Å². The van der Waals surface area contributed by atoms with Crippen LogP contribution in [0.4, 0.5) is 0 Å². The molecule has 0 aliphatic heterocycles. The molecule has 0 saturated carbocycles. The maximum absolute atomic E-state index is 12.1. The average Bonchev–Trinajstić information content (AvgIpc) is 2.20. The predicted molar refractivity (Wildman–Crippen MR) is 72.2 cm³/mol. The van der Waals surface area contributed by atoms with E-state index in [2.05, 4.69) is 0 Å². The second-order valence-electron chi connectivity index (χ2n) is 4.74. The number of ether oxygens (including phenoxy) is 2. The molecule has 0 unspecified atom stereocenters. The molecule has 104 valence electrons. The molecule has 0 aliphatic carbocycles. The Hall–Kier alpha value is -0.271. The van der Waals surface area contributed by atoms with Crippen molar-refractivity contribution in [2.45, 2.75) is 59.4 Å². The number of carbonyl (C=O) groups is 3. The molecule has 0 amide bonds. The van der Waals surface area contributed by atoms with E-state index in [0.29, 0.717) is 0 Å². The van der Waals surface area contributed by atoms with Gasteiger partial charge in [-0.2, -0.15) is 0 Å². The first-order valence-corrected chi connectivity index (χ1v) is 5.99. The minimum absolute atomic E-state index is 0. The summed E-state index contributed by atoms with van der Waals surface area (Å²) in [5.74, 6) is -1.87. The first kappa shape index (κ1) is 21.0. The van der Waals surface area contributed by atoms with Gasteiger partial charge in [0.1, 0.15) is 6.61 Å². The van der Waals surface area contributed by atoms with Crippen molar-refractivity contribution >= 4 is 41.3 Å². The van der Waals surface area contributed by atoms with Gasteiger partial charge < -0.3 is 9.47 Å². The van der Waals surface area contributed by atoms with E-state index < -0.39 is 29.1 Å². The van der Waals surface area contributed by atoms with Crippen molar-refractivity contribution in [1.29, 1.82) is 0 Å². The molecule has 0 aliphatic rings. The van der Waals surface area contributed by atoms with Gasteiger partial charge in [0.15, 0.2) is 11.6 Å². The first-order valence-electron chi connectivity index (χ1n) is 5.99. The Bertz CT molecular complexity index is 322. The fourth-order valence-corrected chi connectivity index (χ4v) is 1.57. The van der Waals surface area contributed by atoms with Gasteiger partial charge in [-0.25, -0.2) is 0 Å². The van der Waals surface area contributed by atoms with Crippen LogP contribution in [-0.4, -0.2) is 65.7 Å².